The first-order valence-electron chi connectivity index (χ1n) is 6.43. The molecule has 17 heavy (non-hydrogen) atoms. The number of hydrogen-bond donors (Lipinski definition) is 0. The van der Waals surface area contributed by atoms with Gasteiger partial charge in [0, 0.05) is 10.9 Å². The van der Waals surface area contributed by atoms with E-state index in [-0.39, 0.29) is 0 Å². The van der Waals surface area contributed by atoms with Crippen LogP contribution in [0, 0.1) is 24.2 Å². The van der Waals surface area contributed by atoms with Crippen molar-refractivity contribution in [3.8, 4) is 0 Å². The highest BCUT2D eigenvalue weighted by atomic mass is 35.5. The minimum Gasteiger partial charge on any atom is -0.126 e. The van der Waals surface area contributed by atoms with Crippen LogP contribution >= 0.6 is 23.2 Å². The molecule has 0 nitrogen and oxygen atoms in total. The van der Waals surface area contributed by atoms with Gasteiger partial charge in [-0.15, -0.1) is 11.6 Å². The van der Waals surface area contributed by atoms with E-state index in [0.717, 1.165) is 29.2 Å². The van der Waals surface area contributed by atoms with E-state index in [0.29, 0.717) is 5.41 Å². The first-order chi connectivity index (χ1) is 8.12. The molecular weight excluding hydrogens is 251 g/mol. The van der Waals surface area contributed by atoms with Crippen LogP contribution < -0.4 is 0 Å². The number of halogens is 2. The lowest BCUT2D eigenvalue weighted by atomic mass is 9.79. The molecule has 2 aliphatic carbocycles. The van der Waals surface area contributed by atoms with Crippen LogP contribution in [0.3, 0.4) is 0 Å². The quantitative estimate of drug-likeness (QED) is 0.688. The second-order valence-corrected chi connectivity index (χ2v) is 6.74. The number of aryl methyl sites for hydroxylation is 1. The van der Waals surface area contributed by atoms with E-state index in [9.17, 15) is 0 Å². The normalized spacial score (nSPS) is 34.8. The van der Waals surface area contributed by atoms with Gasteiger partial charge in [-0.1, -0.05) is 23.7 Å². The lowest BCUT2D eigenvalue weighted by Gasteiger charge is -2.29. The van der Waals surface area contributed by atoms with Crippen molar-refractivity contribution in [2.45, 2.75) is 32.6 Å². The van der Waals surface area contributed by atoms with Gasteiger partial charge in [-0.3, -0.25) is 0 Å². The highest BCUT2D eigenvalue weighted by Crippen LogP contribution is 2.61. The molecule has 0 heterocycles. The van der Waals surface area contributed by atoms with Gasteiger partial charge in [0.15, 0.2) is 0 Å². The number of alkyl halides is 1. The van der Waals surface area contributed by atoms with Gasteiger partial charge in [0.1, 0.15) is 0 Å². The van der Waals surface area contributed by atoms with E-state index < -0.39 is 0 Å². The van der Waals surface area contributed by atoms with Crippen molar-refractivity contribution in [2.24, 2.45) is 17.3 Å². The molecule has 0 N–H and O–H groups in total. The molecule has 0 saturated heterocycles. The third kappa shape index (κ3) is 2.22. The van der Waals surface area contributed by atoms with E-state index in [4.69, 9.17) is 23.2 Å². The monoisotopic (exact) mass is 268 g/mol. The van der Waals surface area contributed by atoms with Crippen molar-refractivity contribution in [3.63, 3.8) is 0 Å². The van der Waals surface area contributed by atoms with Crippen LogP contribution in [0.25, 0.3) is 0 Å². The maximum Gasteiger partial charge on any atom is 0.0440 e. The lowest BCUT2D eigenvalue weighted by molar-refractivity contribution is 0.303. The highest BCUT2D eigenvalue weighted by molar-refractivity contribution is 6.31. The summed E-state index contributed by atoms with van der Waals surface area (Å²) >= 11 is 12.6. The van der Waals surface area contributed by atoms with Gasteiger partial charge < -0.3 is 0 Å². The third-order valence-corrected chi connectivity index (χ3v) is 5.44. The average Bonchev–Trinajstić information content (AvgIpc) is 2.91. The van der Waals surface area contributed by atoms with Crippen LogP contribution in [-0.4, -0.2) is 5.88 Å². The Morgan fingerprint density at radius 2 is 2.00 bits per heavy atom. The van der Waals surface area contributed by atoms with Gasteiger partial charge in [0.2, 0.25) is 0 Å². The Labute approximate surface area is 113 Å². The summed E-state index contributed by atoms with van der Waals surface area (Å²) in [5, 5.41) is 0.912. The fourth-order valence-corrected chi connectivity index (χ4v) is 4.12. The van der Waals surface area contributed by atoms with E-state index >= 15 is 0 Å². The summed E-state index contributed by atoms with van der Waals surface area (Å²) in [6.45, 7) is 2.08. The van der Waals surface area contributed by atoms with E-state index in [1.807, 2.05) is 0 Å². The fourth-order valence-electron chi connectivity index (χ4n) is 3.51. The summed E-state index contributed by atoms with van der Waals surface area (Å²) in [7, 11) is 0. The topological polar surface area (TPSA) is 0 Å². The molecule has 0 bridgehead atoms. The van der Waals surface area contributed by atoms with E-state index in [2.05, 4.69) is 25.1 Å². The van der Waals surface area contributed by atoms with Crippen molar-refractivity contribution in [1.82, 2.24) is 0 Å². The van der Waals surface area contributed by atoms with Crippen LogP contribution in [-0.2, 0) is 6.42 Å². The predicted molar refractivity (Wildman–Crippen MR) is 73.9 cm³/mol. The van der Waals surface area contributed by atoms with Crippen LogP contribution in [0.1, 0.15) is 30.4 Å². The maximum absolute atomic E-state index is 6.33. The Hall–Kier alpha value is -0.200. The molecule has 3 rings (SSSR count). The van der Waals surface area contributed by atoms with E-state index in [1.165, 1.54) is 30.4 Å². The number of rotatable bonds is 3. The summed E-state index contributed by atoms with van der Waals surface area (Å²) < 4.78 is 0. The van der Waals surface area contributed by atoms with Crippen LogP contribution in [0.15, 0.2) is 18.2 Å². The first kappa shape index (κ1) is 11.9. The smallest absolute Gasteiger partial charge is 0.0440 e. The maximum atomic E-state index is 6.33. The third-order valence-electron chi connectivity index (χ3n) is 4.52. The Bertz CT molecular complexity index is 429. The highest BCUT2D eigenvalue weighted by Gasteiger charge is 2.53. The molecule has 2 heteroatoms. The molecule has 2 unspecified atom stereocenters. The molecule has 1 aromatic rings. The Kier molecular flexibility index (Phi) is 2.91. The number of fused-ring (bicyclic) bond motifs is 1. The number of hydrogen-bond acceptors (Lipinski definition) is 0. The van der Waals surface area contributed by atoms with Gasteiger partial charge in [-0.05, 0) is 67.1 Å². The van der Waals surface area contributed by atoms with E-state index in [1.54, 1.807) is 0 Å². The van der Waals surface area contributed by atoms with Crippen molar-refractivity contribution in [1.29, 1.82) is 0 Å². The van der Waals surface area contributed by atoms with Gasteiger partial charge >= 0.3 is 0 Å². The van der Waals surface area contributed by atoms with Crippen molar-refractivity contribution in [3.05, 3.63) is 34.3 Å². The minimum atomic E-state index is 0.327. The minimum absolute atomic E-state index is 0.327. The molecule has 0 aliphatic heterocycles. The molecule has 2 aliphatic rings. The van der Waals surface area contributed by atoms with Crippen molar-refractivity contribution in [2.75, 3.05) is 5.88 Å². The molecule has 0 aromatic heterocycles. The summed E-state index contributed by atoms with van der Waals surface area (Å²) in [6.07, 6.45) is 5.12. The molecule has 2 atom stereocenters. The van der Waals surface area contributed by atoms with Gasteiger partial charge in [-0.2, -0.15) is 0 Å². The zero-order chi connectivity index (χ0) is 12.0. The summed E-state index contributed by atoms with van der Waals surface area (Å²) in [5.41, 5.74) is 2.83. The summed E-state index contributed by atoms with van der Waals surface area (Å²) in [4.78, 5) is 0. The average molecular weight is 269 g/mol. The van der Waals surface area contributed by atoms with Gasteiger partial charge in [0.05, 0.1) is 0 Å². The van der Waals surface area contributed by atoms with Gasteiger partial charge in [0.25, 0.3) is 0 Å². The lowest BCUT2D eigenvalue weighted by Crippen LogP contribution is -2.24. The van der Waals surface area contributed by atoms with Crippen molar-refractivity contribution < 1.29 is 0 Å². The van der Waals surface area contributed by atoms with Crippen LogP contribution in [0.5, 0.6) is 0 Å². The summed E-state index contributed by atoms with van der Waals surface area (Å²) in [6, 6.07) is 6.39. The zero-order valence-electron chi connectivity index (χ0n) is 10.2. The van der Waals surface area contributed by atoms with Gasteiger partial charge in [-0.25, -0.2) is 0 Å². The van der Waals surface area contributed by atoms with Crippen molar-refractivity contribution >= 4 is 23.2 Å². The Morgan fingerprint density at radius 3 is 2.59 bits per heavy atom. The Balaban J connectivity index is 1.81. The zero-order valence-corrected chi connectivity index (χ0v) is 11.7. The molecule has 1 aromatic carbocycles. The molecule has 2 fully saturated rings. The standard InChI is InChI=1S/C15H18Cl2/c1-10-2-3-11(14(17)4-10)6-15(9-16)7-12-5-13(12)8-15/h2-4,12-13H,5-9H2,1H3. The SMILES string of the molecule is Cc1ccc(CC2(CCl)CC3CC3C2)c(Cl)c1. The summed E-state index contributed by atoms with van der Waals surface area (Å²) in [5.74, 6) is 2.72. The molecule has 2 saturated carbocycles. The molecule has 0 radical (unpaired) electrons. The molecule has 92 valence electrons. The van der Waals surface area contributed by atoms with Crippen LogP contribution in [0.4, 0.5) is 0 Å². The first-order valence-corrected chi connectivity index (χ1v) is 7.34. The molecule has 0 spiro atoms. The predicted octanol–water partition coefficient (Wildman–Crippen LogP) is 4.85. The van der Waals surface area contributed by atoms with Crippen LogP contribution in [0.2, 0.25) is 5.02 Å². The second-order valence-electron chi connectivity index (χ2n) is 6.07. The molecular formula is C15H18Cl2. The Morgan fingerprint density at radius 1 is 1.29 bits per heavy atom. The number of benzene rings is 1. The largest absolute Gasteiger partial charge is 0.126 e. The fraction of sp³-hybridized carbons (Fsp3) is 0.600. The second kappa shape index (κ2) is 4.17. The molecule has 0 amide bonds.